The zero-order valence-corrected chi connectivity index (χ0v) is 16.4. The minimum Gasteiger partial charge on any atom is -0.294 e. The molecule has 0 spiro atoms. The first-order chi connectivity index (χ1) is 13.8. The van der Waals surface area contributed by atoms with E-state index >= 15 is 0 Å². The van der Waals surface area contributed by atoms with Gasteiger partial charge >= 0.3 is 6.18 Å². The van der Waals surface area contributed by atoms with Crippen LogP contribution >= 0.6 is 0 Å². The van der Waals surface area contributed by atoms with Crippen molar-refractivity contribution in [2.75, 3.05) is 0 Å². The van der Waals surface area contributed by atoms with Crippen molar-refractivity contribution in [2.45, 2.75) is 45.3 Å². The Morgan fingerprint density at radius 1 is 1.21 bits per heavy atom. The van der Waals surface area contributed by atoms with E-state index in [1.165, 1.54) is 17.1 Å². The molecule has 0 radical (unpaired) electrons. The van der Waals surface area contributed by atoms with Crippen LogP contribution in [0, 0.1) is 6.92 Å². The molecule has 3 rings (SSSR count). The van der Waals surface area contributed by atoms with Crippen LogP contribution in [0.1, 0.15) is 58.3 Å². The van der Waals surface area contributed by atoms with E-state index in [-0.39, 0.29) is 23.9 Å². The van der Waals surface area contributed by atoms with Gasteiger partial charge in [-0.25, -0.2) is 0 Å². The van der Waals surface area contributed by atoms with Gasteiger partial charge in [-0.15, -0.1) is 5.53 Å². The van der Waals surface area contributed by atoms with Gasteiger partial charge < -0.3 is 0 Å². The molecule has 0 atom stereocenters. The van der Waals surface area contributed by atoms with Crippen LogP contribution in [0.2, 0.25) is 0 Å². The van der Waals surface area contributed by atoms with E-state index in [9.17, 15) is 18.0 Å². The number of rotatable bonds is 7. The number of allylic oxidation sites excluding steroid dienone is 1. The largest absolute Gasteiger partial charge is 0.416 e. The number of hydrogen-bond donors (Lipinski definition) is 2. The second-order valence-corrected chi connectivity index (χ2v) is 7.18. The van der Waals surface area contributed by atoms with Gasteiger partial charge in [0.2, 0.25) is 0 Å². The van der Waals surface area contributed by atoms with Crippen molar-refractivity contribution in [1.29, 1.82) is 0 Å². The zero-order chi connectivity index (χ0) is 21.0. The summed E-state index contributed by atoms with van der Waals surface area (Å²) in [6.07, 6.45) is 0.694. The third-order valence-corrected chi connectivity index (χ3v) is 4.86. The fraction of sp³-hybridized carbons (Fsp3) is 0.318. The maximum atomic E-state index is 13.6. The number of alkyl halides is 3. The lowest BCUT2D eigenvalue weighted by atomic mass is 10.0. The quantitative estimate of drug-likeness (QED) is 0.634. The maximum absolute atomic E-state index is 13.6. The highest BCUT2D eigenvalue weighted by Crippen LogP contribution is 2.43. The molecule has 0 unspecified atom stereocenters. The minimum atomic E-state index is -4.44. The molecule has 0 heterocycles. The van der Waals surface area contributed by atoms with Crippen molar-refractivity contribution in [3.05, 3.63) is 82.6 Å². The van der Waals surface area contributed by atoms with Gasteiger partial charge in [-0.3, -0.25) is 15.2 Å². The lowest BCUT2D eigenvalue weighted by Gasteiger charge is -2.24. The molecule has 0 bridgehead atoms. The minimum absolute atomic E-state index is 0.0574. The molecule has 1 saturated carbocycles. The first kappa shape index (κ1) is 20.9. The Hall–Kier alpha value is -2.80. The summed E-state index contributed by atoms with van der Waals surface area (Å²) in [7, 11) is 0. The van der Waals surface area contributed by atoms with Crippen molar-refractivity contribution >= 4 is 5.91 Å². The lowest BCUT2D eigenvalue weighted by Crippen LogP contribution is -2.47. The number of carbonyl (C=O) groups excluding carboxylic acids is 1. The summed E-state index contributed by atoms with van der Waals surface area (Å²) in [5, 5.41) is 1.41. The topological polar surface area (TPSA) is 44.4 Å². The van der Waals surface area contributed by atoms with Gasteiger partial charge in [0.15, 0.2) is 0 Å². The number of hydrogen-bond acceptors (Lipinski definition) is 3. The van der Waals surface area contributed by atoms with Crippen molar-refractivity contribution < 1.29 is 18.0 Å². The van der Waals surface area contributed by atoms with Gasteiger partial charge in [0.25, 0.3) is 5.91 Å². The normalized spacial score (nSPS) is 14.2. The van der Waals surface area contributed by atoms with E-state index in [0.717, 1.165) is 24.0 Å². The average Bonchev–Trinajstić information content (AvgIpc) is 3.51. The smallest absolute Gasteiger partial charge is 0.294 e. The van der Waals surface area contributed by atoms with E-state index < -0.39 is 11.7 Å². The van der Waals surface area contributed by atoms with Crippen molar-refractivity contribution in [3.63, 3.8) is 0 Å². The maximum Gasteiger partial charge on any atom is 0.416 e. The van der Waals surface area contributed by atoms with Gasteiger partial charge in [0.05, 0.1) is 12.1 Å². The van der Waals surface area contributed by atoms with E-state index in [1.54, 1.807) is 37.4 Å². The van der Waals surface area contributed by atoms with E-state index in [1.807, 2.05) is 19.1 Å². The predicted molar refractivity (Wildman–Crippen MR) is 106 cm³/mol. The summed E-state index contributed by atoms with van der Waals surface area (Å²) in [5.41, 5.74) is 6.78. The molecule has 0 saturated heterocycles. The van der Waals surface area contributed by atoms with Crippen molar-refractivity contribution in [2.24, 2.45) is 0 Å². The molecule has 2 aromatic rings. The molecule has 2 N–H and O–H groups in total. The highest BCUT2D eigenvalue weighted by molar-refractivity contribution is 5.95. The number of nitrogens with one attached hydrogen (secondary N) is 2. The molecule has 4 nitrogen and oxygen atoms in total. The van der Waals surface area contributed by atoms with Crippen LogP contribution in [0.25, 0.3) is 0 Å². The molecule has 1 aliphatic carbocycles. The molecule has 1 fully saturated rings. The van der Waals surface area contributed by atoms with Crippen LogP contribution in [-0.4, -0.2) is 10.9 Å². The second-order valence-electron chi connectivity index (χ2n) is 7.18. The lowest BCUT2D eigenvalue weighted by molar-refractivity contribution is -0.138. The number of halogens is 3. The van der Waals surface area contributed by atoms with Crippen LogP contribution in [0.5, 0.6) is 0 Å². The number of carbonyl (C=O) groups is 1. The fourth-order valence-corrected chi connectivity index (χ4v) is 3.18. The third-order valence-electron chi connectivity index (χ3n) is 4.86. The first-order valence-corrected chi connectivity index (χ1v) is 9.50. The molecular weight excluding hydrogens is 379 g/mol. The Morgan fingerprint density at radius 2 is 1.93 bits per heavy atom. The van der Waals surface area contributed by atoms with Gasteiger partial charge in [0.1, 0.15) is 0 Å². The molecule has 29 heavy (non-hydrogen) atoms. The molecular formula is C22H24F3N3O. The monoisotopic (exact) mass is 403 g/mol. The first-order valence-electron chi connectivity index (χ1n) is 9.50. The molecule has 0 aromatic heterocycles. The van der Waals surface area contributed by atoms with Gasteiger partial charge in [-0.05, 0) is 61.4 Å². The molecule has 154 valence electrons. The molecule has 7 heteroatoms. The number of hydrazine groups is 2. The van der Waals surface area contributed by atoms with Gasteiger partial charge in [-0.2, -0.15) is 13.2 Å². The van der Waals surface area contributed by atoms with Crippen LogP contribution in [0.15, 0.2) is 54.7 Å². The highest BCUT2D eigenvalue weighted by atomic mass is 19.4. The SMILES string of the molecule is C/C=C\N(Cc1ccc(C2CC2)cc1C(F)(F)F)NNC(=O)c1ccccc1C. The van der Waals surface area contributed by atoms with Crippen LogP contribution in [-0.2, 0) is 12.7 Å². The molecule has 1 aliphatic rings. The summed E-state index contributed by atoms with van der Waals surface area (Å²) >= 11 is 0. The number of aryl methyl sites for hydroxylation is 1. The van der Waals surface area contributed by atoms with Crippen LogP contribution < -0.4 is 11.0 Å². The highest BCUT2D eigenvalue weighted by Gasteiger charge is 2.35. The van der Waals surface area contributed by atoms with Crippen molar-refractivity contribution in [3.8, 4) is 0 Å². The summed E-state index contributed by atoms with van der Waals surface area (Å²) < 4.78 is 40.8. The Balaban J connectivity index is 1.75. The molecule has 0 aliphatic heterocycles. The zero-order valence-electron chi connectivity index (χ0n) is 16.4. The summed E-state index contributed by atoms with van der Waals surface area (Å²) in [4.78, 5) is 12.4. The van der Waals surface area contributed by atoms with E-state index in [2.05, 4.69) is 11.0 Å². The van der Waals surface area contributed by atoms with Crippen LogP contribution in [0.3, 0.4) is 0 Å². The average molecular weight is 403 g/mol. The standard InChI is InChI=1S/C22H24F3N3O/c1-3-12-28(27-26-21(29)19-7-5-4-6-15(19)2)14-18-11-10-17(16-8-9-16)13-20(18)22(23,24)25/h3-7,10-13,16,27H,8-9,14H2,1-2H3,(H,26,29)/b12-3-. The Kier molecular flexibility index (Phi) is 6.27. The summed E-state index contributed by atoms with van der Waals surface area (Å²) in [6.45, 7) is 3.51. The van der Waals surface area contributed by atoms with E-state index in [0.29, 0.717) is 5.56 Å². The number of amides is 1. The Morgan fingerprint density at radius 3 is 2.55 bits per heavy atom. The third kappa shape index (κ3) is 5.38. The second kappa shape index (κ2) is 8.69. The summed E-state index contributed by atoms with van der Waals surface area (Å²) in [6, 6.07) is 11.6. The summed E-state index contributed by atoms with van der Waals surface area (Å²) in [5.74, 6) is -0.124. The van der Waals surface area contributed by atoms with Gasteiger partial charge in [-0.1, -0.05) is 36.4 Å². The molecule has 1 amide bonds. The Labute approximate surface area is 168 Å². The number of nitrogens with zero attached hydrogens (tertiary/aromatic N) is 1. The van der Waals surface area contributed by atoms with Gasteiger partial charge in [0, 0.05) is 11.8 Å². The predicted octanol–water partition coefficient (Wildman–Crippen LogP) is 5.08. The van der Waals surface area contributed by atoms with Crippen molar-refractivity contribution in [1.82, 2.24) is 16.0 Å². The van der Waals surface area contributed by atoms with E-state index in [4.69, 9.17) is 0 Å². The molecule has 2 aromatic carbocycles. The van der Waals surface area contributed by atoms with Crippen LogP contribution in [0.4, 0.5) is 13.2 Å². The fourth-order valence-electron chi connectivity index (χ4n) is 3.18. The Bertz CT molecular complexity index is 904. The number of benzene rings is 2.